The highest BCUT2D eigenvalue weighted by Crippen LogP contribution is 2.31. The van der Waals surface area contributed by atoms with E-state index in [4.69, 9.17) is 0 Å². The Morgan fingerprint density at radius 2 is 1.81 bits per heavy atom. The average molecular weight is 389 g/mol. The van der Waals surface area contributed by atoms with Crippen LogP contribution in [0.15, 0.2) is 42.7 Å². The molecule has 1 heterocycles. The zero-order valence-electron chi connectivity index (χ0n) is 16.0. The summed E-state index contributed by atoms with van der Waals surface area (Å²) in [6, 6.07) is 9.79. The minimum absolute atomic E-state index is 0.0637. The van der Waals surface area contributed by atoms with E-state index in [1.807, 2.05) is 36.5 Å². The molecule has 0 bridgehead atoms. The molecular formula is C21H28N2O3S. The van der Waals surface area contributed by atoms with Gasteiger partial charge in [-0.2, -0.15) is 5.10 Å². The zero-order chi connectivity index (χ0) is 19.4. The molecule has 1 saturated carbocycles. The minimum Gasteiger partial charge on any atom is -0.299 e. The molecule has 0 spiro atoms. The van der Waals surface area contributed by atoms with Crippen molar-refractivity contribution in [1.29, 1.82) is 0 Å². The van der Waals surface area contributed by atoms with Gasteiger partial charge in [-0.05, 0) is 69.2 Å². The van der Waals surface area contributed by atoms with Crippen molar-refractivity contribution in [2.75, 3.05) is 5.75 Å². The van der Waals surface area contributed by atoms with E-state index < -0.39 is 9.84 Å². The van der Waals surface area contributed by atoms with Gasteiger partial charge in [0.1, 0.15) is 5.78 Å². The van der Waals surface area contributed by atoms with Crippen LogP contribution in [0.4, 0.5) is 0 Å². The molecular weight excluding hydrogens is 360 g/mol. The lowest BCUT2D eigenvalue weighted by atomic mass is 9.79. The molecule has 2 aromatic rings. The third-order valence-electron chi connectivity index (χ3n) is 5.57. The third kappa shape index (κ3) is 5.06. The molecule has 0 aliphatic heterocycles. The largest absolute Gasteiger partial charge is 0.299 e. The van der Waals surface area contributed by atoms with E-state index in [0.717, 1.165) is 36.9 Å². The number of benzene rings is 1. The summed E-state index contributed by atoms with van der Waals surface area (Å²) in [5, 5.41) is 3.88. The summed E-state index contributed by atoms with van der Waals surface area (Å²) in [5.41, 5.74) is 1.99. The maximum atomic E-state index is 12.6. The number of carbonyl (C=O) groups excluding carboxylic acids is 1. The molecule has 3 rings (SSSR count). The van der Waals surface area contributed by atoms with Crippen LogP contribution < -0.4 is 0 Å². The van der Waals surface area contributed by atoms with E-state index in [1.165, 1.54) is 0 Å². The van der Waals surface area contributed by atoms with Crippen LogP contribution in [0, 0.1) is 11.8 Å². The second-order valence-electron chi connectivity index (χ2n) is 7.86. The van der Waals surface area contributed by atoms with Crippen LogP contribution in [-0.2, 0) is 21.1 Å². The fourth-order valence-electron chi connectivity index (χ4n) is 3.71. The number of hydrogen-bond acceptors (Lipinski definition) is 4. The van der Waals surface area contributed by atoms with Gasteiger partial charge in [-0.15, -0.1) is 0 Å². The first-order valence-corrected chi connectivity index (χ1v) is 11.4. The SMILES string of the molecule is CC(C)S(=O)(=O)CC1CCC(C(=O)Cc2ccc(-n3cccn3)cc2)CC1. The monoisotopic (exact) mass is 388 g/mol. The van der Waals surface area contributed by atoms with Gasteiger partial charge in [-0.1, -0.05) is 12.1 Å². The number of carbonyl (C=O) groups is 1. The molecule has 1 aliphatic carbocycles. The number of Topliss-reactive ketones (excluding diaryl/α,β-unsaturated/α-hetero) is 1. The van der Waals surface area contributed by atoms with Crippen LogP contribution in [0.25, 0.3) is 5.69 Å². The molecule has 5 nitrogen and oxygen atoms in total. The van der Waals surface area contributed by atoms with Crippen LogP contribution in [0.2, 0.25) is 0 Å². The van der Waals surface area contributed by atoms with Gasteiger partial charge in [0, 0.05) is 24.7 Å². The predicted molar refractivity (Wildman–Crippen MR) is 107 cm³/mol. The molecule has 6 heteroatoms. The quantitative estimate of drug-likeness (QED) is 0.726. The molecule has 0 N–H and O–H groups in total. The Morgan fingerprint density at radius 1 is 1.15 bits per heavy atom. The van der Waals surface area contributed by atoms with E-state index in [0.29, 0.717) is 6.42 Å². The van der Waals surface area contributed by atoms with Gasteiger partial charge in [0.05, 0.1) is 16.7 Å². The van der Waals surface area contributed by atoms with Crippen molar-refractivity contribution in [2.45, 2.75) is 51.2 Å². The Morgan fingerprint density at radius 3 is 2.37 bits per heavy atom. The molecule has 146 valence electrons. The highest BCUT2D eigenvalue weighted by molar-refractivity contribution is 7.91. The molecule has 0 radical (unpaired) electrons. The number of hydrogen-bond donors (Lipinski definition) is 0. The molecule has 0 unspecified atom stereocenters. The molecule has 0 saturated heterocycles. The van der Waals surface area contributed by atoms with Gasteiger partial charge >= 0.3 is 0 Å². The molecule has 27 heavy (non-hydrogen) atoms. The lowest BCUT2D eigenvalue weighted by Gasteiger charge is -2.28. The summed E-state index contributed by atoms with van der Waals surface area (Å²) in [6.07, 6.45) is 7.35. The first kappa shape index (κ1) is 19.8. The first-order valence-electron chi connectivity index (χ1n) is 9.68. The number of sulfone groups is 1. The summed E-state index contributed by atoms with van der Waals surface area (Å²) in [5.74, 6) is 0.802. The van der Waals surface area contributed by atoms with Gasteiger partial charge in [-0.3, -0.25) is 4.79 Å². The third-order valence-corrected chi connectivity index (χ3v) is 7.94. The van der Waals surface area contributed by atoms with Crippen molar-refractivity contribution in [3.8, 4) is 5.69 Å². The van der Waals surface area contributed by atoms with E-state index in [1.54, 1.807) is 24.7 Å². The van der Waals surface area contributed by atoms with Crippen LogP contribution >= 0.6 is 0 Å². The maximum Gasteiger partial charge on any atom is 0.152 e. The van der Waals surface area contributed by atoms with Gasteiger partial charge in [0.15, 0.2) is 9.84 Å². The fourth-order valence-corrected chi connectivity index (χ4v) is 5.08. The first-order chi connectivity index (χ1) is 12.8. The van der Waals surface area contributed by atoms with Crippen molar-refractivity contribution in [3.05, 3.63) is 48.3 Å². The van der Waals surface area contributed by atoms with Crippen molar-refractivity contribution >= 4 is 15.6 Å². The summed E-state index contributed by atoms with van der Waals surface area (Å²) in [6.45, 7) is 3.48. The number of aromatic nitrogens is 2. The molecule has 0 amide bonds. The molecule has 1 aromatic heterocycles. The summed E-state index contributed by atoms with van der Waals surface area (Å²) < 4.78 is 26.0. The Bertz CT molecular complexity index is 847. The van der Waals surface area contributed by atoms with Gasteiger partial charge in [0.2, 0.25) is 0 Å². The van der Waals surface area contributed by atoms with Crippen molar-refractivity contribution in [2.24, 2.45) is 11.8 Å². The highest BCUT2D eigenvalue weighted by atomic mass is 32.2. The van der Waals surface area contributed by atoms with Crippen molar-refractivity contribution < 1.29 is 13.2 Å². The van der Waals surface area contributed by atoms with Gasteiger partial charge in [-0.25, -0.2) is 13.1 Å². The van der Waals surface area contributed by atoms with Crippen LogP contribution in [-0.4, -0.2) is 35.0 Å². The van der Waals surface area contributed by atoms with E-state index in [9.17, 15) is 13.2 Å². The molecule has 1 fully saturated rings. The predicted octanol–water partition coefficient (Wildman–Crippen LogP) is 3.61. The van der Waals surface area contributed by atoms with E-state index >= 15 is 0 Å². The second kappa shape index (κ2) is 8.38. The molecule has 0 atom stereocenters. The van der Waals surface area contributed by atoms with E-state index in [2.05, 4.69) is 5.10 Å². The second-order valence-corrected chi connectivity index (χ2v) is 10.5. The van der Waals surface area contributed by atoms with Crippen LogP contribution in [0.5, 0.6) is 0 Å². The fraction of sp³-hybridized carbons (Fsp3) is 0.524. The number of nitrogens with zero attached hydrogens (tertiary/aromatic N) is 2. The maximum absolute atomic E-state index is 12.6. The van der Waals surface area contributed by atoms with Gasteiger partial charge in [0.25, 0.3) is 0 Å². The lowest BCUT2D eigenvalue weighted by molar-refractivity contribution is -0.123. The Hall–Kier alpha value is -1.95. The molecule has 1 aliphatic rings. The standard InChI is InChI=1S/C21H28N2O3S/c1-16(2)27(25,26)15-18-4-8-19(9-5-18)21(24)14-17-6-10-20(11-7-17)23-13-3-12-22-23/h3,6-7,10-13,16,18-19H,4-5,8-9,14-15H2,1-2H3. The average Bonchev–Trinajstić information content (AvgIpc) is 3.17. The summed E-state index contributed by atoms with van der Waals surface area (Å²) >= 11 is 0. The minimum atomic E-state index is -3.00. The topological polar surface area (TPSA) is 69.0 Å². The van der Waals surface area contributed by atoms with Crippen LogP contribution in [0.3, 0.4) is 0 Å². The Labute approximate surface area is 161 Å². The van der Waals surface area contributed by atoms with Gasteiger partial charge < -0.3 is 0 Å². The molecule has 1 aromatic carbocycles. The number of ketones is 1. The van der Waals surface area contributed by atoms with Crippen molar-refractivity contribution in [3.63, 3.8) is 0 Å². The normalized spacial score (nSPS) is 20.7. The zero-order valence-corrected chi connectivity index (χ0v) is 16.9. The van der Waals surface area contributed by atoms with Crippen molar-refractivity contribution in [1.82, 2.24) is 9.78 Å². The Balaban J connectivity index is 1.51. The van der Waals surface area contributed by atoms with Crippen LogP contribution in [0.1, 0.15) is 45.1 Å². The lowest BCUT2D eigenvalue weighted by Crippen LogP contribution is -2.29. The smallest absolute Gasteiger partial charge is 0.152 e. The highest BCUT2D eigenvalue weighted by Gasteiger charge is 2.29. The summed E-state index contributed by atoms with van der Waals surface area (Å²) in [7, 11) is -3.00. The summed E-state index contributed by atoms with van der Waals surface area (Å²) in [4.78, 5) is 12.6. The Kier molecular flexibility index (Phi) is 6.15. The van der Waals surface area contributed by atoms with E-state index in [-0.39, 0.29) is 28.6 Å². The number of rotatable bonds is 7.